The molecule has 65 heavy (non-hydrogen) atoms. The maximum atomic E-state index is 4.75. The predicted octanol–water partition coefficient (Wildman–Crippen LogP) is 14.1. The van der Waals surface area contributed by atoms with E-state index in [0.717, 1.165) is 85.1 Å². The molecule has 2 aromatic heterocycles. The normalized spacial score (nSPS) is 12.7. The molecule has 0 saturated carbocycles. The molecule has 1 aliphatic carbocycles. The molecule has 0 aliphatic heterocycles. The Labute approximate surface area is 375 Å². The summed E-state index contributed by atoms with van der Waals surface area (Å²) in [7, 11) is 0. The number of hydrogen-bond donors (Lipinski definition) is 0. The summed E-state index contributed by atoms with van der Waals surface area (Å²) in [4.78, 5) is 8.08. The van der Waals surface area contributed by atoms with Gasteiger partial charge in [-0.25, -0.2) is 0 Å². The van der Waals surface area contributed by atoms with Gasteiger partial charge >= 0.3 is 0 Å². The van der Waals surface area contributed by atoms with E-state index in [1.807, 2.05) is 48.5 Å². The van der Waals surface area contributed by atoms with E-state index in [9.17, 15) is 0 Å². The van der Waals surface area contributed by atoms with Crippen molar-refractivity contribution in [2.75, 3.05) is 9.80 Å². The van der Waals surface area contributed by atoms with E-state index < -0.39 is 0 Å². The van der Waals surface area contributed by atoms with E-state index in [0.29, 0.717) is 0 Å². The molecule has 8 nitrogen and oxygen atoms in total. The summed E-state index contributed by atoms with van der Waals surface area (Å²) in [6, 6.07) is 72.4. The van der Waals surface area contributed by atoms with E-state index in [1.54, 1.807) is 9.59 Å². The average Bonchev–Trinajstić information content (AvgIpc) is 3.93. The third kappa shape index (κ3) is 7.28. The van der Waals surface area contributed by atoms with Crippen molar-refractivity contribution in [2.45, 2.75) is 6.42 Å². The van der Waals surface area contributed by atoms with Gasteiger partial charge in [0.05, 0.1) is 11.4 Å². The van der Waals surface area contributed by atoms with E-state index >= 15 is 0 Å². The van der Waals surface area contributed by atoms with Crippen molar-refractivity contribution in [2.24, 2.45) is 0 Å². The Morgan fingerprint density at radius 1 is 0.354 bits per heavy atom. The highest BCUT2D eigenvalue weighted by molar-refractivity contribution is 5.90. The van der Waals surface area contributed by atoms with E-state index in [4.69, 9.17) is 20.4 Å². The van der Waals surface area contributed by atoms with Crippen LogP contribution in [0.25, 0.3) is 66.1 Å². The van der Waals surface area contributed by atoms with Crippen molar-refractivity contribution in [1.82, 2.24) is 30.0 Å². The monoisotopic (exact) mass is 836 g/mol. The zero-order chi connectivity index (χ0) is 43.1. The Bertz CT molecular complexity index is 3570. The second-order valence-electron chi connectivity index (χ2n) is 16.2. The van der Waals surface area contributed by atoms with Crippen LogP contribution in [0, 0.1) is 0 Å². The molecule has 9 aromatic carbocycles. The van der Waals surface area contributed by atoms with Crippen molar-refractivity contribution < 1.29 is 0 Å². The van der Waals surface area contributed by atoms with Crippen LogP contribution in [0.2, 0.25) is 0 Å². The van der Waals surface area contributed by atoms with Crippen molar-refractivity contribution in [1.29, 1.82) is 0 Å². The number of rotatable bonds is 9. The Morgan fingerprint density at radius 2 is 0.769 bits per heavy atom. The highest BCUT2D eigenvalue weighted by Crippen LogP contribution is 2.39. The number of hydrogen-bond acceptors (Lipinski definition) is 6. The van der Waals surface area contributed by atoms with Gasteiger partial charge in [0.1, 0.15) is 22.1 Å². The van der Waals surface area contributed by atoms with Crippen molar-refractivity contribution >= 4 is 77.7 Å². The molecule has 0 amide bonds. The first-order chi connectivity index (χ1) is 32.2. The number of allylic oxidation sites excluding steroid dienone is 5. The second-order valence-corrected chi connectivity index (χ2v) is 16.2. The maximum absolute atomic E-state index is 4.75. The first kappa shape index (κ1) is 37.8. The minimum atomic E-state index is 0.727. The van der Waals surface area contributed by atoms with Crippen LogP contribution in [0.3, 0.4) is 0 Å². The Hall–Kier alpha value is -8.88. The number of nitrogens with zero attached hydrogens (tertiary/aromatic N) is 8. The van der Waals surface area contributed by atoms with Crippen LogP contribution < -0.4 is 9.80 Å². The van der Waals surface area contributed by atoms with Gasteiger partial charge < -0.3 is 9.80 Å². The Morgan fingerprint density at radius 3 is 1.29 bits per heavy atom. The number of aromatic nitrogens is 6. The van der Waals surface area contributed by atoms with E-state index in [1.165, 1.54) is 21.5 Å². The molecule has 0 radical (unpaired) electrons. The molecule has 2 heterocycles. The lowest BCUT2D eigenvalue weighted by Crippen LogP contribution is -2.16. The minimum absolute atomic E-state index is 0.727. The summed E-state index contributed by atoms with van der Waals surface area (Å²) < 4.78 is 0. The smallest absolute Gasteiger partial charge is 0.113 e. The number of fused-ring (bicyclic) bond motifs is 4. The Balaban J connectivity index is 0.875. The van der Waals surface area contributed by atoms with Gasteiger partial charge in [0.25, 0.3) is 0 Å². The molecule has 0 fully saturated rings. The van der Waals surface area contributed by atoms with Crippen LogP contribution in [-0.2, 0) is 0 Å². The van der Waals surface area contributed by atoms with Crippen LogP contribution in [-0.4, -0.2) is 30.0 Å². The van der Waals surface area contributed by atoms with E-state index in [2.05, 4.69) is 192 Å². The fourth-order valence-corrected chi connectivity index (χ4v) is 8.76. The zero-order valence-electron chi connectivity index (χ0n) is 35.2. The minimum Gasteiger partial charge on any atom is -0.314 e. The molecule has 0 N–H and O–H groups in total. The fraction of sp³-hybridized carbons (Fsp3) is 0.0175. The molecule has 0 saturated heterocycles. The summed E-state index contributed by atoms with van der Waals surface area (Å²) in [5.41, 5.74) is 14.0. The molecule has 0 unspecified atom stereocenters. The van der Waals surface area contributed by atoms with Gasteiger partial charge in [0.15, 0.2) is 0 Å². The maximum Gasteiger partial charge on any atom is 0.113 e. The van der Waals surface area contributed by atoms with Gasteiger partial charge in [0, 0.05) is 40.6 Å². The molecular weight excluding hydrogens is 797 g/mol. The first-order valence-electron chi connectivity index (χ1n) is 21.8. The van der Waals surface area contributed by atoms with Gasteiger partial charge in [-0.15, -0.1) is 20.4 Å². The third-order valence-electron chi connectivity index (χ3n) is 12.1. The summed E-state index contributed by atoms with van der Waals surface area (Å²) in [5.74, 6) is 0. The summed E-state index contributed by atoms with van der Waals surface area (Å²) in [5, 5.41) is 23.7. The standard InChI is InChI=1S/C57H40N8/c1-3-12-44-38-52(30-24-40(44)10-1)62(46-14-9-15-50(35-32-46)64-58-54-16-5-6-17-55(54)59-64)47-26-20-42(21-27-47)43-22-28-48(29-23-43)63(53-31-25-41-11-2-4-13-45(41)39-53)49-33-36-51(37-34-49)65-60-56-18-7-8-19-57(56)61-65/h1-13,15-39H,14H2. The van der Waals surface area contributed by atoms with Crippen molar-refractivity contribution in [3.8, 4) is 16.8 Å². The first-order valence-corrected chi connectivity index (χ1v) is 21.8. The average molecular weight is 837 g/mol. The lowest BCUT2D eigenvalue weighted by Gasteiger charge is -2.28. The molecule has 0 bridgehead atoms. The van der Waals surface area contributed by atoms with Crippen molar-refractivity contribution in [3.05, 3.63) is 236 Å². The molecule has 11 aromatic rings. The SMILES string of the molecule is C1=CC(n2nc3ccccc3n2)=CC=C(N(c2ccc(-c3ccc(N(c4ccc(-n5nc6ccccc6n5)cc4)c4ccc5ccccc5c4)cc3)cc2)c2ccc3ccccc3c2)C1. The van der Waals surface area contributed by atoms with Gasteiger partial charge in [-0.3, -0.25) is 0 Å². The molecular formula is C57H40N8. The highest BCUT2D eigenvalue weighted by Gasteiger charge is 2.18. The topological polar surface area (TPSA) is 67.9 Å². The third-order valence-corrected chi connectivity index (χ3v) is 12.1. The Kier molecular flexibility index (Phi) is 9.38. The molecule has 8 heteroatoms. The van der Waals surface area contributed by atoms with Gasteiger partial charge in [-0.05, 0) is 148 Å². The molecule has 1 aliphatic rings. The van der Waals surface area contributed by atoms with Gasteiger partial charge in [-0.2, -0.15) is 9.59 Å². The van der Waals surface area contributed by atoms with Crippen LogP contribution >= 0.6 is 0 Å². The van der Waals surface area contributed by atoms with Crippen LogP contribution in [0.1, 0.15) is 6.42 Å². The van der Waals surface area contributed by atoms with E-state index in [-0.39, 0.29) is 0 Å². The van der Waals surface area contributed by atoms with Crippen molar-refractivity contribution in [3.63, 3.8) is 0 Å². The summed E-state index contributed by atoms with van der Waals surface area (Å²) >= 11 is 0. The second kappa shape index (κ2) is 16.1. The number of anilines is 5. The molecule has 308 valence electrons. The lowest BCUT2D eigenvalue weighted by molar-refractivity contribution is 0.766. The summed E-state index contributed by atoms with van der Waals surface area (Å²) in [6.07, 6.45) is 9.32. The lowest BCUT2D eigenvalue weighted by atomic mass is 10.0. The largest absolute Gasteiger partial charge is 0.314 e. The molecule has 0 spiro atoms. The van der Waals surface area contributed by atoms with Crippen LogP contribution in [0.5, 0.6) is 0 Å². The molecule has 0 atom stereocenters. The zero-order valence-corrected chi connectivity index (χ0v) is 35.2. The quantitative estimate of drug-likeness (QED) is 0.144. The summed E-state index contributed by atoms with van der Waals surface area (Å²) in [6.45, 7) is 0. The molecule has 12 rings (SSSR count). The highest BCUT2D eigenvalue weighted by atomic mass is 15.5. The van der Waals surface area contributed by atoms with Gasteiger partial charge in [-0.1, -0.05) is 115 Å². The van der Waals surface area contributed by atoms with Crippen LogP contribution in [0.4, 0.5) is 28.4 Å². The van der Waals surface area contributed by atoms with Gasteiger partial charge in [0.2, 0.25) is 0 Å². The fourth-order valence-electron chi connectivity index (χ4n) is 8.76. The number of benzene rings is 9. The van der Waals surface area contributed by atoms with Crippen LogP contribution in [0.15, 0.2) is 236 Å². The predicted molar refractivity (Wildman–Crippen MR) is 266 cm³/mol.